The molecule has 3 aromatic rings. The third kappa shape index (κ3) is 3.77. The Balaban J connectivity index is 1.46. The SMILES string of the molecule is CC(=O)N(C)c1ccc2c(c1)C1C=CCC1C(c1ccccc1OCc1ccccc1)N2. The molecule has 1 aliphatic heterocycles. The maximum Gasteiger partial charge on any atom is 0.223 e. The van der Waals surface area contributed by atoms with Gasteiger partial charge in [-0.15, -0.1) is 0 Å². The van der Waals surface area contributed by atoms with Crippen molar-refractivity contribution in [3.05, 3.63) is 102 Å². The second kappa shape index (κ2) is 8.54. The Bertz CT molecular complexity index is 1160. The first-order chi connectivity index (χ1) is 15.6. The first-order valence-electron chi connectivity index (χ1n) is 11.2. The first kappa shape index (κ1) is 20.4. The fourth-order valence-electron chi connectivity index (χ4n) is 4.88. The fraction of sp³-hybridized carbons (Fsp3) is 0.250. The average Bonchev–Trinajstić information content (AvgIpc) is 3.33. The highest BCUT2D eigenvalue weighted by molar-refractivity contribution is 5.91. The number of fused-ring (bicyclic) bond motifs is 3. The highest BCUT2D eigenvalue weighted by Crippen LogP contribution is 2.51. The lowest BCUT2D eigenvalue weighted by molar-refractivity contribution is -0.116. The van der Waals surface area contributed by atoms with E-state index in [0.717, 1.165) is 29.1 Å². The Hall–Kier alpha value is -3.53. The van der Waals surface area contributed by atoms with Gasteiger partial charge in [-0.2, -0.15) is 0 Å². The van der Waals surface area contributed by atoms with E-state index >= 15 is 0 Å². The highest BCUT2D eigenvalue weighted by Gasteiger charge is 2.39. The lowest BCUT2D eigenvalue weighted by Gasteiger charge is -2.38. The molecule has 2 aliphatic rings. The van der Waals surface area contributed by atoms with Crippen LogP contribution >= 0.6 is 0 Å². The number of anilines is 2. The van der Waals surface area contributed by atoms with Crippen LogP contribution in [0.3, 0.4) is 0 Å². The van der Waals surface area contributed by atoms with Crippen molar-refractivity contribution < 1.29 is 9.53 Å². The van der Waals surface area contributed by atoms with Gasteiger partial charge in [-0.1, -0.05) is 60.7 Å². The quantitative estimate of drug-likeness (QED) is 0.505. The number of nitrogens with one attached hydrogen (secondary N) is 1. The summed E-state index contributed by atoms with van der Waals surface area (Å²) in [5.74, 6) is 1.69. The maximum atomic E-state index is 11.9. The van der Waals surface area contributed by atoms with Crippen molar-refractivity contribution in [2.24, 2.45) is 5.92 Å². The van der Waals surface area contributed by atoms with Crippen LogP contribution in [0.4, 0.5) is 11.4 Å². The molecule has 0 saturated heterocycles. The van der Waals surface area contributed by atoms with Crippen molar-refractivity contribution in [1.82, 2.24) is 0 Å². The maximum absolute atomic E-state index is 11.9. The lowest BCUT2D eigenvalue weighted by atomic mass is 9.76. The molecule has 0 bridgehead atoms. The number of carbonyl (C=O) groups is 1. The van der Waals surface area contributed by atoms with E-state index in [9.17, 15) is 4.79 Å². The number of hydrogen-bond donors (Lipinski definition) is 1. The molecule has 3 unspecified atom stereocenters. The predicted octanol–water partition coefficient (Wildman–Crippen LogP) is 6.07. The highest BCUT2D eigenvalue weighted by atomic mass is 16.5. The fourth-order valence-corrected chi connectivity index (χ4v) is 4.88. The number of amides is 1. The molecule has 4 heteroatoms. The Morgan fingerprint density at radius 2 is 1.81 bits per heavy atom. The van der Waals surface area contributed by atoms with Gasteiger partial charge in [-0.05, 0) is 47.7 Å². The Labute approximate surface area is 189 Å². The zero-order valence-corrected chi connectivity index (χ0v) is 18.5. The second-order valence-electron chi connectivity index (χ2n) is 8.64. The van der Waals surface area contributed by atoms with Gasteiger partial charge >= 0.3 is 0 Å². The van der Waals surface area contributed by atoms with E-state index in [1.807, 2.05) is 37.4 Å². The van der Waals surface area contributed by atoms with E-state index in [4.69, 9.17) is 4.74 Å². The van der Waals surface area contributed by atoms with E-state index in [1.165, 1.54) is 11.1 Å². The van der Waals surface area contributed by atoms with Crippen molar-refractivity contribution in [1.29, 1.82) is 0 Å². The Morgan fingerprint density at radius 3 is 2.62 bits per heavy atom. The number of benzene rings is 3. The smallest absolute Gasteiger partial charge is 0.223 e. The molecule has 4 nitrogen and oxygen atoms in total. The zero-order valence-electron chi connectivity index (χ0n) is 18.5. The molecule has 0 radical (unpaired) electrons. The van der Waals surface area contributed by atoms with Gasteiger partial charge in [0.05, 0.1) is 6.04 Å². The molecule has 1 heterocycles. The number of rotatable bonds is 5. The molecule has 5 rings (SSSR count). The van der Waals surface area contributed by atoms with Crippen LogP contribution < -0.4 is 15.0 Å². The first-order valence-corrected chi connectivity index (χ1v) is 11.2. The number of hydrogen-bond acceptors (Lipinski definition) is 3. The summed E-state index contributed by atoms with van der Waals surface area (Å²) >= 11 is 0. The number of nitrogens with zero attached hydrogens (tertiary/aromatic N) is 1. The van der Waals surface area contributed by atoms with Gasteiger partial charge in [0.25, 0.3) is 0 Å². The minimum absolute atomic E-state index is 0.0367. The molecule has 3 atom stereocenters. The van der Waals surface area contributed by atoms with Crippen LogP contribution in [0.25, 0.3) is 0 Å². The molecule has 0 saturated carbocycles. The second-order valence-corrected chi connectivity index (χ2v) is 8.64. The minimum atomic E-state index is 0.0367. The van der Waals surface area contributed by atoms with Crippen LogP contribution in [-0.4, -0.2) is 13.0 Å². The molecule has 3 aromatic carbocycles. The molecule has 0 spiro atoms. The summed E-state index contributed by atoms with van der Waals surface area (Å²) in [5, 5.41) is 3.80. The predicted molar refractivity (Wildman–Crippen MR) is 129 cm³/mol. The van der Waals surface area contributed by atoms with Crippen LogP contribution in [0.15, 0.2) is 84.9 Å². The van der Waals surface area contributed by atoms with E-state index in [2.05, 4.69) is 59.9 Å². The molecule has 32 heavy (non-hydrogen) atoms. The van der Waals surface area contributed by atoms with Crippen LogP contribution in [0, 0.1) is 5.92 Å². The van der Waals surface area contributed by atoms with Crippen molar-refractivity contribution in [3.63, 3.8) is 0 Å². The third-order valence-electron chi connectivity index (χ3n) is 6.70. The van der Waals surface area contributed by atoms with Crippen LogP contribution in [-0.2, 0) is 11.4 Å². The lowest BCUT2D eigenvalue weighted by Crippen LogP contribution is -2.30. The average molecular weight is 425 g/mol. The van der Waals surface area contributed by atoms with E-state index in [1.54, 1.807) is 11.8 Å². The zero-order chi connectivity index (χ0) is 22.1. The summed E-state index contributed by atoms with van der Waals surface area (Å²) in [7, 11) is 1.82. The molecule has 0 fully saturated rings. The third-order valence-corrected chi connectivity index (χ3v) is 6.70. The van der Waals surface area contributed by atoms with Gasteiger partial charge in [0, 0.05) is 36.8 Å². The van der Waals surface area contributed by atoms with Crippen molar-refractivity contribution in [2.75, 3.05) is 17.3 Å². The molecular weight excluding hydrogens is 396 g/mol. The van der Waals surface area contributed by atoms with Gasteiger partial charge in [0.1, 0.15) is 12.4 Å². The summed E-state index contributed by atoms with van der Waals surface area (Å²) in [5.41, 5.74) is 5.67. The summed E-state index contributed by atoms with van der Waals surface area (Å²) in [6.45, 7) is 2.15. The van der Waals surface area contributed by atoms with E-state index in [-0.39, 0.29) is 11.9 Å². The number of ether oxygens (including phenoxy) is 1. The summed E-state index contributed by atoms with van der Waals surface area (Å²) in [6.07, 6.45) is 5.62. The topological polar surface area (TPSA) is 41.6 Å². The van der Waals surface area contributed by atoms with Crippen LogP contribution in [0.1, 0.15) is 42.0 Å². The Morgan fingerprint density at radius 1 is 1.03 bits per heavy atom. The van der Waals surface area contributed by atoms with Gasteiger partial charge < -0.3 is 15.0 Å². The van der Waals surface area contributed by atoms with E-state index in [0.29, 0.717) is 18.4 Å². The summed E-state index contributed by atoms with van der Waals surface area (Å²) < 4.78 is 6.29. The molecule has 1 aliphatic carbocycles. The van der Waals surface area contributed by atoms with Crippen LogP contribution in [0.5, 0.6) is 5.75 Å². The van der Waals surface area contributed by atoms with E-state index < -0.39 is 0 Å². The summed E-state index contributed by atoms with van der Waals surface area (Å²) in [6, 6.07) is 25.1. The molecule has 1 N–H and O–H groups in total. The molecule has 1 amide bonds. The monoisotopic (exact) mass is 424 g/mol. The summed E-state index contributed by atoms with van der Waals surface area (Å²) in [4.78, 5) is 13.6. The van der Waals surface area contributed by atoms with Crippen LogP contribution in [0.2, 0.25) is 0 Å². The number of para-hydroxylation sites is 1. The van der Waals surface area contributed by atoms with Crippen molar-refractivity contribution in [3.8, 4) is 5.75 Å². The van der Waals surface area contributed by atoms with Crippen molar-refractivity contribution in [2.45, 2.75) is 31.9 Å². The van der Waals surface area contributed by atoms with Gasteiger partial charge in [-0.25, -0.2) is 0 Å². The largest absolute Gasteiger partial charge is 0.489 e. The Kier molecular flexibility index (Phi) is 5.44. The molecule has 0 aromatic heterocycles. The number of allylic oxidation sites excluding steroid dienone is 2. The van der Waals surface area contributed by atoms with Gasteiger partial charge in [0.2, 0.25) is 5.91 Å². The standard InChI is InChI=1S/C28H28N2O2/c1-19(31)30(2)21-15-16-26-25(17-21)22-12-8-13-23(22)28(29-26)24-11-6-7-14-27(24)32-18-20-9-4-3-5-10-20/h3-12,14-17,22-23,28-29H,13,18H2,1-2H3. The molecular formula is C28H28N2O2. The minimum Gasteiger partial charge on any atom is -0.489 e. The van der Waals surface area contributed by atoms with Crippen molar-refractivity contribution >= 4 is 17.3 Å². The number of carbonyl (C=O) groups excluding carboxylic acids is 1. The van der Waals surface area contributed by atoms with Gasteiger partial charge in [-0.3, -0.25) is 4.79 Å². The molecule has 162 valence electrons. The van der Waals surface area contributed by atoms with Gasteiger partial charge in [0.15, 0.2) is 0 Å². The normalized spacial score (nSPS) is 20.8.